The predicted molar refractivity (Wildman–Crippen MR) is 77.0 cm³/mol. The zero-order valence-corrected chi connectivity index (χ0v) is 11.6. The van der Waals surface area contributed by atoms with Crippen LogP contribution in [0, 0.1) is 0 Å². The van der Waals surface area contributed by atoms with E-state index in [9.17, 15) is 9.59 Å². The molecule has 2 aromatic rings. The Morgan fingerprint density at radius 3 is 2.67 bits per heavy atom. The number of nitrogens with two attached hydrogens (primary N) is 1. The van der Waals surface area contributed by atoms with Gasteiger partial charge in [0.2, 0.25) is 5.91 Å². The van der Waals surface area contributed by atoms with E-state index in [1.807, 2.05) is 6.07 Å². The van der Waals surface area contributed by atoms with Crippen LogP contribution in [0.2, 0.25) is 0 Å². The lowest BCUT2D eigenvalue weighted by molar-refractivity contribution is -0.132. The van der Waals surface area contributed by atoms with Crippen molar-refractivity contribution in [1.29, 1.82) is 0 Å². The third-order valence-corrected chi connectivity index (χ3v) is 3.02. The van der Waals surface area contributed by atoms with Crippen LogP contribution in [0.5, 0.6) is 0 Å². The summed E-state index contributed by atoms with van der Waals surface area (Å²) in [5.74, 6) is -0.249. The molecule has 7 nitrogen and oxygen atoms in total. The summed E-state index contributed by atoms with van der Waals surface area (Å²) in [6, 6.07) is 7.43. The van der Waals surface area contributed by atoms with E-state index in [2.05, 4.69) is 15.5 Å². The number of urea groups is 1. The number of carbonyl (C=O) groups is 2. The molecular weight excluding hydrogens is 270 g/mol. The van der Waals surface area contributed by atoms with E-state index in [-0.39, 0.29) is 5.91 Å². The summed E-state index contributed by atoms with van der Waals surface area (Å²) < 4.78 is 0. The molecule has 0 saturated heterocycles. The van der Waals surface area contributed by atoms with Crippen LogP contribution in [0.25, 0.3) is 0 Å². The van der Waals surface area contributed by atoms with Gasteiger partial charge >= 0.3 is 6.03 Å². The molecule has 0 spiro atoms. The number of H-pyrrole nitrogens is 1. The topological polar surface area (TPSA) is 104 Å². The summed E-state index contributed by atoms with van der Waals surface area (Å²) in [6.45, 7) is 0.388. The number of benzene rings is 1. The van der Waals surface area contributed by atoms with Gasteiger partial charge in [-0.3, -0.25) is 9.89 Å². The maximum atomic E-state index is 12.5. The molecule has 110 valence electrons. The molecule has 1 aromatic heterocycles. The number of rotatable bonds is 5. The molecule has 7 heteroatoms. The number of hydrogen-bond donors (Lipinski definition) is 3. The lowest BCUT2D eigenvalue weighted by atomic mass is 10.1. The normalized spacial score (nSPS) is 11.7. The van der Waals surface area contributed by atoms with Crippen molar-refractivity contribution in [1.82, 2.24) is 20.4 Å². The van der Waals surface area contributed by atoms with E-state index < -0.39 is 12.1 Å². The van der Waals surface area contributed by atoms with Gasteiger partial charge in [-0.2, -0.15) is 5.10 Å². The summed E-state index contributed by atoms with van der Waals surface area (Å²) in [6.07, 6.45) is 3.35. The van der Waals surface area contributed by atoms with Crippen LogP contribution in [0.3, 0.4) is 0 Å². The first-order chi connectivity index (χ1) is 10.1. The second-order valence-corrected chi connectivity index (χ2v) is 4.65. The first-order valence-corrected chi connectivity index (χ1v) is 6.41. The highest BCUT2D eigenvalue weighted by molar-refractivity contribution is 5.87. The fourth-order valence-electron chi connectivity index (χ4n) is 2.01. The van der Waals surface area contributed by atoms with Gasteiger partial charge < -0.3 is 16.0 Å². The maximum Gasteiger partial charge on any atom is 0.313 e. The summed E-state index contributed by atoms with van der Waals surface area (Å²) in [7, 11) is 1.66. The second-order valence-electron chi connectivity index (χ2n) is 4.65. The summed E-state index contributed by atoms with van der Waals surface area (Å²) in [4.78, 5) is 25.2. The average molecular weight is 287 g/mol. The second kappa shape index (κ2) is 6.56. The SMILES string of the molecule is CN(Cc1cn[nH]c1)C(=O)C(NC(N)=O)c1ccccc1. The van der Waals surface area contributed by atoms with Crippen molar-refractivity contribution in [2.45, 2.75) is 12.6 Å². The molecule has 1 unspecified atom stereocenters. The number of primary amides is 1. The molecule has 0 aliphatic heterocycles. The van der Waals surface area contributed by atoms with Crippen LogP contribution >= 0.6 is 0 Å². The van der Waals surface area contributed by atoms with Gasteiger partial charge in [-0.05, 0) is 5.56 Å². The van der Waals surface area contributed by atoms with Gasteiger partial charge in [-0.25, -0.2) is 4.79 Å². The van der Waals surface area contributed by atoms with Gasteiger partial charge in [0.1, 0.15) is 6.04 Å². The fourth-order valence-corrected chi connectivity index (χ4v) is 2.01. The highest BCUT2D eigenvalue weighted by atomic mass is 16.2. The molecule has 1 heterocycles. The van der Waals surface area contributed by atoms with Gasteiger partial charge in [-0.1, -0.05) is 30.3 Å². The van der Waals surface area contributed by atoms with E-state index in [1.165, 1.54) is 4.90 Å². The molecule has 0 radical (unpaired) electrons. The number of amides is 3. The third-order valence-electron chi connectivity index (χ3n) is 3.02. The van der Waals surface area contributed by atoms with Gasteiger partial charge in [0.15, 0.2) is 0 Å². The van der Waals surface area contributed by atoms with E-state index >= 15 is 0 Å². The van der Waals surface area contributed by atoms with Crippen molar-refractivity contribution in [2.24, 2.45) is 5.73 Å². The predicted octanol–water partition coefficient (Wildman–Crippen LogP) is 0.778. The van der Waals surface area contributed by atoms with Crippen LogP contribution in [0.4, 0.5) is 4.79 Å². The fraction of sp³-hybridized carbons (Fsp3) is 0.214. The van der Waals surface area contributed by atoms with Gasteiger partial charge in [0.05, 0.1) is 6.20 Å². The van der Waals surface area contributed by atoms with Crippen molar-refractivity contribution in [3.8, 4) is 0 Å². The smallest absolute Gasteiger partial charge is 0.313 e. The van der Waals surface area contributed by atoms with Crippen molar-refractivity contribution >= 4 is 11.9 Å². The first kappa shape index (κ1) is 14.6. The van der Waals surface area contributed by atoms with Crippen molar-refractivity contribution in [3.63, 3.8) is 0 Å². The quantitative estimate of drug-likeness (QED) is 0.756. The summed E-state index contributed by atoms with van der Waals surface area (Å²) in [5, 5.41) is 9.00. The van der Waals surface area contributed by atoms with E-state index in [4.69, 9.17) is 5.73 Å². The Kier molecular flexibility index (Phi) is 4.55. The number of nitrogens with zero attached hydrogens (tertiary/aromatic N) is 2. The minimum atomic E-state index is -0.805. The summed E-state index contributed by atoms with van der Waals surface area (Å²) >= 11 is 0. The standard InChI is InChI=1S/C14H17N5O2/c1-19(9-10-7-16-17-8-10)13(20)12(18-14(15)21)11-5-3-2-4-6-11/h2-8,12H,9H2,1H3,(H,16,17)(H3,15,18,21). The Morgan fingerprint density at radius 1 is 1.38 bits per heavy atom. The molecule has 0 aliphatic carbocycles. The molecule has 1 atom stereocenters. The number of carbonyl (C=O) groups excluding carboxylic acids is 2. The Labute approximate surface area is 122 Å². The highest BCUT2D eigenvalue weighted by Crippen LogP contribution is 2.16. The number of aromatic amines is 1. The first-order valence-electron chi connectivity index (χ1n) is 6.41. The zero-order chi connectivity index (χ0) is 15.2. The van der Waals surface area contributed by atoms with Crippen molar-refractivity contribution in [3.05, 3.63) is 53.9 Å². The van der Waals surface area contributed by atoms with Crippen LogP contribution in [-0.4, -0.2) is 34.1 Å². The maximum absolute atomic E-state index is 12.5. The minimum Gasteiger partial charge on any atom is -0.352 e. The molecule has 0 bridgehead atoms. The Balaban J connectivity index is 2.16. The molecule has 21 heavy (non-hydrogen) atoms. The number of aromatic nitrogens is 2. The molecule has 2 rings (SSSR count). The Morgan fingerprint density at radius 2 is 2.10 bits per heavy atom. The lowest BCUT2D eigenvalue weighted by Crippen LogP contribution is -2.43. The molecule has 3 amide bonds. The Hall–Kier alpha value is -2.83. The van der Waals surface area contributed by atoms with Crippen LogP contribution < -0.4 is 11.1 Å². The van der Waals surface area contributed by atoms with Crippen LogP contribution in [0.15, 0.2) is 42.7 Å². The van der Waals surface area contributed by atoms with Crippen molar-refractivity contribution in [2.75, 3.05) is 7.05 Å². The van der Waals surface area contributed by atoms with Crippen molar-refractivity contribution < 1.29 is 9.59 Å². The average Bonchev–Trinajstić information content (AvgIpc) is 2.97. The minimum absolute atomic E-state index is 0.249. The van der Waals surface area contributed by atoms with E-state index in [1.54, 1.807) is 43.7 Å². The zero-order valence-electron chi connectivity index (χ0n) is 11.6. The molecule has 0 saturated carbocycles. The third kappa shape index (κ3) is 3.82. The van der Waals surface area contributed by atoms with Gasteiger partial charge in [-0.15, -0.1) is 0 Å². The summed E-state index contributed by atoms with van der Waals surface area (Å²) in [5.41, 5.74) is 6.72. The largest absolute Gasteiger partial charge is 0.352 e. The molecule has 0 fully saturated rings. The highest BCUT2D eigenvalue weighted by Gasteiger charge is 2.25. The molecule has 1 aromatic carbocycles. The Bertz CT molecular complexity index is 597. The van der Waals surface area contributed by atoms with Gasteiger partial charge in [0, 0.05) is 25.4 Å². The lowest BCUT2D eigenvalue weighted by Gasteiger charge is -2.24. The number of nitrogens with one attached hydrogen (secondary N) is 2. The van der Waals surface area contributed by atoms with Crippen LogP contribution in [0.1, 0.15) is 17.2 Å². The number of likely N-dealkylation sites (N-methyl/N-ethyl adjacent to an activating group) is 1. The van der Waals surface area contributed by atoms with Gasteiger partial charge in [0.25, 0.3) is 0 Å². The van der Waals surface area contributed by atoms with E-state index in [0.29, 0.717) is 12.1 Å². The molecule has 0 aliphatic rings. The van der Waals surface area contributed by atoms with Crippen LogP contribution in [-0.2, 0) is 11.3 Å². The monoisotopic (exact) mass is 287 g/mol. The molecular formula is C14H17N5O2. The molecule has 4 N–H and O–H groups in total. The number of hydrogen-bond acceptors (Lipinski definition) is 3. The van der Waals surface area contributed by atoms with E-state index in [0.717, 1.165) is 5.56 Å².